The van der Waals surface area contributed by atoms with Crippen molar-refractivity contribution in [1.29, 1.82) is 5.41 Å². The van der Waals surface area contributed by atoms with E-state index in [1.807, 2.05) is 43.3 Å². The molecule has 3 N–H and O–H groups in total. The van der Waals surface area contributed by atoms with E-state index in [4.69, 9.17) is 26.2 Å². The summed E-state index contributed by atoms with van der Waals surface area (Å²) in [5.74, 6) is 0.623. The molecule has 35 heavy (non-hydrogen) atoms. The topological polar surface area (TPSA) is 103 Å². The fraction of sp³-hybridized carbons (Fsp3) is 0.320. The third-order valence-corrected chi connectivity index (χ3v) is 5.67. The zero-order chi connectivity index (χ0) is 25.4. The number of nitrogens with one attached hydrogen (secondary N) is 3. The molecule has 0 radical (unpaired) electrons. The maximum Gasteiger partial charge on any atom is 0.257 e. The van der Waals surface area contributed by atoms with Crippen molar-refractivity contribution in [3.8, 4) is 17.1 Å². The highest BCUT2D eigenvalue weighted by molar-refractivity contribution is 6.34. The van der Waals surface area contributed by atoms with Gasteiger partial charge in [-0.15, -0.1) is 0 Å². The first-order valence-electron chi connectivity index (χ1n) is 11.1. The van der Waals surface area contributed by atoms with Gasteiger partial charge in [0.15, 0.2) is 5.76 Å². The molecular weight excluding hydrogens is 473 g/mol. The average molecular weight is 502 g/mol. The van der Waals surface area contributed by atoms with Crippen molar-refractivity contribution in [2.45, 2.75) is 18.9 Å². The van der Waals surface area contributed by atoms with E-state index in [2.05, 4.69) is 15.6 Å². The number of amides is 1. The number of nitrogens with zero attached hydrogens (tertiary/aromatic N) is 2. The van der Waals surface area contributed by atoms with Gasteiger partial charge in [0, 0.05) is 31.9 Å². The second-order valence-electron chi connectivity index (χ2n) is 8.03. The summed E-state index contributed by atoms with van der Waals surface area (Å²) in [6.07, 6.45) is 2.58. The zero-order valence-electron chi connectivity index (χ0n) is 19.9. The third-order valence-electron chi connectivity index (χ3n) is 5.36. The minimum absolute atomic E-state index is 0.189. The molecule has 0 aliphatic heterocycles. The molecule has 1 aromatic heterocycles. The Labute approximate surface area is 208 Å². The van der Waals surface area contributed by atoms with E-state index < -0.39 is 18.6 Å². The van der Waals surface area contributed by atoms with Crippen LogP contribution in [-0.2, 0) is 0 Å². The number of anilines is 1. The summed E-state index contributed by atoms with van der Waals surface area (Å²) in [5.41, 5.74) is 2.12. The molecule has 0 saturated carbocycles. The Morgan fingerprint density at radius 3 is 2.66 bits per heavy atom. The molecule has 8 nitrogen and oxygen atoms in total. The van der Waals surface area contributed by atoms with Crippen LogP contribution in [0.3, 0.4) is 0 Å². The molecule has 0 fully saturated rings. The Bertz CT molecular complexity index is 1150. The predicted octanol–water partition coefficient (Wildman–Crippen LogP) is 4.86. The summed E-state index contributed by atoms with van der Waals surface area (Å²) in [7, 11) is 5.40. The van der Waals surface area contributed by atoms with Crippen LogP contribution >= 0.6 is 11.6 Å². The first-order chi connectivity index (χ1) is 16.8. The van der Waals surface area contributed by atoms with Crippen molar-refractivity contribution in [1.82, 2.24) is 15.6 Å². The third kappa shape index (κ3) is 6.73. The number of rotatable bonds is 11. The Hall–Kier alpha value is -3.59. The number of amidine groups is 1. The highest BCUT2D eigenvalue weighted by Gasteiger charge is 2.24. The molecular formula is C25H29ClFN5O3. The lowest BCUT2D eigenvalue weighted by Gasteiger charge is -2.18. The van der Waals surface area contributed by atoms with Crippen LogP contribution in [-0.4, -0.2) is 51.2 Å². The number of methoxy groups -OCH3 is 1. The largest absolute Gasteiger partial charge is 0.496 e. The number of carbonyl (C=O) groups excluding carboxylic acids is 1. The lowest BCUT2D eigenvalue weighted by Crippen LogP contribution is -2.31. The van der Waals surface area contributed by atoms with Crippen LogP contribution in [0.1, 0.15) is 35.1 Å². The number of aromatic nitrogens is 1. The van der Waals surface area contributed by atoms with Crippen molar-refractivity contribution in [2.24, 2.45) is 0 Å². The number of benzene rings is 2. The van der Waals surface area contributed by atoms with Gasteiger partial charge >= 0.3 is 0 Å². The molecule has 0 bridgehead atoms. The van der Waals surface area contributed by atoms with Gasteiger partial charge in [-0.1, -0.05) is 17.7 Å². The molecule has 1 atom stereocenters. The Kier molecular flexibility index (Phi) is 9.08. The fourth-order valence-corrected chi connectivity index (χ4v) is 3.73. The fourth-order valence-electron chi connectivity index (χ4n) is 3.48. The quantitative estimate of drug-likeness (QED) is 0.197. The number of halogens is 2. The maximum atomic E-state index is 13.1. The maximum absolute atomic E-state index is 13.1. The van der Waals surface area contributed by atoms with Gasteiger partial charge < -0.3 is 24.7 Å². The van der Waals surface area contributed by atoms with Crippen LogP contribution in [0.25, 0.3) is 11.3 Å². The van der Waals surface area contributed by atoms with Gasteiger partial charge in [-0.3, -0.25) is 10.2 Å². The Morgan fingerprint density at radius 1 is 1.26 bits per heavy atom. The van der Waals surface area contributed by atoms with Crippen molar-refractivity contribution in [3.63, 3.8) is 0 Å². The SMILES string of the molecule is COc1cccc(Cl)c1C(=O)N[C@@H](CCCNC(=N)CF)c1ncc(-c2ccc(N(C)C)cc2)o1. The standard InChI is InChI=1S/C25H29ClFN5O3/c1-32(2)17-11-9-16(10-12-17)21-15-30-25(35-21)19(7-5-13-29-22(28)14-27)31-24(33)23-18(26)6-4-8-20(23)34-3/h4,6,8-12,15,19H,5,7,13-14H2,1-3H3,(H2,28,29)(H,31,33)/t19-/m0/s1. The number of hydrogen-bond donors (Lipinski definition) is 3. The number of alkyl halides is 1. The molecule has 10 heteroatoms. The van der Waals surface area contributed by atoms with Crippen molar-refractivity contribution >= 4 is 29.0 Å². The summed E-state index contributed by atoms with van der Waals surface area (Å²) >= 11 is 6.28. The molecule has 3 rings (SSSR count). The second-order valence-corrected chi connectivity index (χ2v) is 8.44. The van der Waals surface area contributed by atoms with E-state index in [-0.39, 0.29) is 16.4 Å². The van der Waals surface area contributed by atoms with E-state index in [9.17, 15) is 9.18 Å². The molecule has 2 aromatic carbocycles. The van der Waals surface area contributed by atoms with E-state index in [1.54, 1.807) is 24.4 Å². The minimum Gasteiger partial charge on any atom is -0.496 e. The molecule has 0 saturated heterocycles. The van der Waals surface area contributed by atoms with Crippen LogP contribution in [0.5, 0.6) is 5.75 Å². The first kappa shape index (κ1) is 26.0. The van der Waals surface area contributed by atoms with Crippen molar-refractivity contribution < 1.29 is 18.3 Å². The molecule has 0 spiro atoms. The summed E-state index contributed by atoms with van der Waals surface area (Å²) in [4.78, 5) is 19.6. The minimum atomic E-state index is -0.859. The molecule has 0 unspecified atom stereocenters. The van der Waals surface area contributed by atoms with E-state index in [0.29, 0.717) is 36.8 Å². The van der Waals surface area contributed by atoms with Crippen molar-refractivity contribution in [3.05, 3.63) is 65.1 Å². The van der Waals surface area contributed by atoms with Crippen molar-refractivity contribution in [2.75, 3.05) is 39.3 Å². The smallest absolute Gasteiger partial charge is 0.257 e. The summed E-state index contributed by atoms with van der Waals surface area (Å²) in [6.45, 7) is -0.494. The monoisotopic (exact) mass is 501 g/mol. The van der Waals surface area contributed by atoms with Gasteiger partial charge in [0.05, 0.1) is 23.9 Å². The second kappa shape index (κ2) is 12.2. The molecule has 0 aliphatic rings. The summed E-state index contributed by atoms with van der Waals surface area (Å²) < 4.78 is 23.9. The van der Waals surface area contributed by atoms with Gasteiger partial charge in [0.25, 0.3) is 5.91 Å². The van der Waals surface area contributed by atoms with Crippen LogP contribution in [0.4, 0.5) is 10.1 Å². The van der Waals surface area contributed by atoms with Gasteiger partial charge in [-0.2, -0.15) is 0 Å². The first-order valence-corrected chi connectivity index (χ1v) is 11.5. The normalized spacial score (nSPS) is 11.6. The molecule has 186 valence electrons. The number of oxazole rings is 1. The lowest BCUT2D eigenvalue weighted by molar-refractivity contribution is 0.0924. The molecule has 0 aliphatic carbocycles. The van der Waals surface area contributed by atoms with Gasteiger partial charge in [-0.25, -0.2) is 9.37 Å². The van der Waals surface area contributed by atoms with E-state index in [0.717, 1.165) is 11.3 Å². The zero-order valence-corrected chi connectivity index (χ0v) is 20.7. The van der Waals surface area contributed by atoms with Crippen LogP contribution in [0, 0.1) is 5.41 Å². The van der Waals surface area contributed by atoms with Gasteiger partial charge in [0.2, 0.25) is 5.89 Å². The highest BCUT2D eigenvalue weighted by atomic mass is 35.5. The Morgan fingerprint density at radius 2 is 2.00 bits per heavy atom. The summed E-state index contributed by atoms with van der Waals surface area (Å²) in [6, 6.07) is 12.2. The molecule has 3 aromatic rings. The number of hydrogen-bond acceptors (Lipinski definition) is 6. The van der Waals surface area contributed by atoms with E-state index in [1.165, 1.54) is 7.11 Å². The Balaban J connectivity index is 1.82. The van der Waals surface area contributed by atoms with E-state index >= 15 is 0 Å². The van der Waals surface area contributed by atoms with Crippen LogP contribution < -0.4 is 20.3 Å². The molecule has 1 heterocycles. The average Bonchev–Trinajstić information content (AvgIpc) is 3.35. The number of ether oxygens (including phenoxy) is 1. The van der Waals surface area contributed by atoms with Gasteiger partial charge in [-0.05, 0) is 49.2 Å². The molecule has 1 amide bonds. The van der Waals surface area contributed by atoms with Crippen LogP contribution in [0.2, 0.25) is 5.02 Å². The number of carbonyl (C=O) groups is 1. The van der Waals surface area contributed by atoms with Crippen LogP contribution in [0.15, 0.2) is 53.1 Å². The van der Waals surface area contributed by atoms with Gasteiger partial charge in [0.1, 0.15) is 24.3 Å². The summed E-state index contributed by atoms with van der Waals surface area (Å²) in [5, 5.41) is 13.3. The highest BCUT2D eigenvalue weighted by Crippen LogP contribution is 2.29. The predicted molar refractivity (Wildman–Crippen MR) is 135 cm³/mol. The lowest BCUT2D eigenvalue weighted by atomic mass is 10.1.